The molecule has 0 aliphatic heterocycles. The highest BCUT2D eigenvalue weighted by Crippen LogP contribution is 2.28. The van der Waals surface area contributed by atoms with E-state index in [0.29, 0.717) is 11.3 Å². The molecular weight excluding hydrogens is 265 g/mol. The first-order valence-corrected chi connectivity index (χ1v) is 5.74. The van der Waals surface area contributed by atoms with Gasteiger partial charge in [-0.25, -0.2) is 9.37 Å². The van der Waals surface area contributed by atoms with E-state index in [2.05, 4.69) is 20.6 Å². The van der Waals surface area contributed by atoms with Crippen molar-refractivity contribution < 1.29 is 9.31 Å². The Labute approximate surface area is 114 Å². The van der Waals surface area contributed by atoms with Gasteiger partial charge in [-0.2, -0.15) is 4.98 Å². The van der Waals surface area contributed by atoms with E-state index in [9.17, 15) is 14.5 Å². The zero-order valence-corrected chi connectivity index (χ0v) is 10.8. The molecule has 0 unspecified atom stereocenters. The molecule has 0 spiro atoms. The highest BCUT2D eigenvalue weighted by molar-refractivity contribution is 5.68. The van der Waals surface area contributed by atoms with Crippen LogP contribution < -0.4 is 10.6 Å². The molecule has 0 saturated heterocycles. The Balaban J connectivity index is 2.46. The van der Waals surface area contributed by atoms with Crippen LogP contribution in [0.5, 0.6) is 0 Å². The third kappa shape index (κ3) is 2.63. The van der Waals surface area contributed by atoms with Gasteiger partial charge in [0.2, 0.25) is 11.8 Å². The summed E-state index contributed by atoms with van der Waals surface area (Å²) in [6.07, 6.45) is 1.09. The van der Waals surface area contributed by atoms with Gasteiger partial charge in [-0.3, -0.25) is 10.1 Å². The molecule has 0 fully saturated rings. The van der Waals surface area contributed by atoms with Crippen molar-refractivity contribution >= 4 is 23.1 Å². The minimum atomic E-state index is -0.601. The van der Waals surface area contributed by atoms with Crippen LogP contribution in [0.25, 0.3) is 0 Å². The standard InChI is InChI=1S/C12H12FN5O2/c1-7-8(13)4-3-5-9(7)16-11-10(18(19)20)6-15-12(14-2)17-11/h3-6H,1-2H3,(H2,14,15,16,17). The van der Waals surface area contributed by atoms with Crippen molar-refractivity contribution in [1.82, 2.24) is 9.97 Å². The molecule has 1 aromatic heterocycles. The van der Waals surface area contributed by atoms with Gasteiger partial charge in [0.1, 0.15) is 12.0 Å². The number of nitrogens with zero attached hydrogens (tertiary/aromatic N) is 3. The summed E-state index contributed by atoms with van der Waals surface area (Å²) >= 11 is 0. The smallest absolute Gasteiger partial charge is 0.329 e. The number of benzene rings is 1. The number of halogens is 1. The van der Waals surface area contributed by atoms with E-state index >= 15 is 0 Å². The molecule has 0 saturated carbocycles. The van der Waals surface area contributed by atoms with Crippen LogP contribution in [0.4, 0.5) is 27.5 Å². The van der Waals surface area contributed by atoms with Crippen LogP contribution in [0, 0.1) is 22.9 Å². The molecule has 2 N–H and O–H groups in total. The normalized spacial score (nSPS) is 10.2. The average molecular weight is 277 g/mol. The van der Waals surface area contributed by atoms with E-state index in [1.165, 1.54) is 12.1 Å². The maximum Gasteiger partial charge on any atom is 0.329 e. The van der Waals surface area contributed by atoms with Crippen molar-refractivity contribution in [2.24, 2.45) is 0 Å². The SMILES string of the molecule is CNc1ncc([N+](=O)[O-])c(Nc2cccc(F)c2C)n1. The second-order valence-electron chi connectivity index (χ2n) is 3.97. The van der Waals surface area contributed by atoms with Crippen molar-refractivity contribution in [2.45, 2.75) is 6.92 Å². The summed E-state index contributed by atoms with van der Waals surface area (Å²) < 4.78 is 13.5. The first-order valence-electron chi connectivity index (χ1n) is 5.74. The molecular formula is C12H12FN5O2. The lowest BCUT2D eigenvalue weighted by Gasteiger charge is -2.10. The zero-order chi connectivity index (χ0) is 14.7. The summed E-state index contributed by atoms with van der Waals surface area (Å²) in [4.78, 5) is 18.1. The van der Waals surface area contributed by atoms with Gasteiger partial charge >= 0.3 is 5.69 Å². The van der Waals surface area contributed by atoms with Crippen LogP contribution in [-0.4, -0.2) is 21.9 Å². The van der Waals surface area contributed by atoms with E-state index < -0.39 is 10.7 Å². The van der Waals surface area contributed by atoms with E-state index in [-0.39, 0.29) is 17.5 Å². The molecule has 7 nitrogen and oxygen atoms in total. The summed E-state index contributed by atoms with van der Waals surface area (Å²) in [6, 6.07) is 4.44. The van der Waals surface area contributed by atoms with Crippen LogP contribution in [-0.2, 0) is 0 Å². The Kier molecular flexibility index (Phi) is 3.74. The van der Waals surface area contributed by atoms with Gasteiger partial charge in [-0.15, -0.1) is 0 Å². The highest BCUT2D eigenvalue weighted by Gasteiger charge is 2.18. The summed E-state index contributed by atoms with van der Waals surface area (Å²) in [5.41, 5.74) is 0.480. The number of nitro groups is 1. The summed E-state index contributed by atoms with van der Waals surface area (Å²) in [6.45, 7) is 1.57. The quantitative estimate of drug-likeness (QED) is 0.659. The predicted octanol–water partition coefficient (Wildman–Crippen LogP) is 2.62. The van der Waals surface area contributed by atoms with Crippen LogP contribution in [0.1, 0.15) is 5.56 Å². The van der Waals surface area contributed by atoms with Gasteiger partial charge in [-0.05, 0) is 19.1 Å². The topological polar surface area (TPSA) is 93.0 Å². The highest BCUT2D eigenvalue weighted by atomic mass is 19.1. The van der Waals surface area contributed by atoms with Gasteiger partial charge in [0.15, 0.2) is 0 Å². The van der Waals surface area contributed by atoms with Crippen molar-refractivity contribution in [3.63, 3.8) is 0 Å². The minimum absolute atomic E-state index is 0.00282. The fraction of sp³-hybridized carbons (Fsp3) is 0.167. The Morgan fingerprint density at radius 1 is 1.40 bits per heavy atom. The molecule has 2 aromatic rings. The first kappa shape index (κ1) is 13.7. The second kappa shape index (κ2) is 5.47. The maximum atomic E-state index is 13.5. The summed E-state index contributed by atoms with van der Waals surface area (Å²) in [5.74, 6) is -0.171. The molecule has 0 aliphatic rings. The summed E-state index contributed by atoms with van der Waals surface area (Å²) in [5, 5.41) is 16.4. The zero-order valence-electron chi connectivity index (χ0n) is 10.8. The van der Waals surface area contributed by atoms with Crippen molar-refractivity contribution in [3.05, 3.63) is 45.9 Å². The third-order valence-corrected chi connectivity index (χ3v) is 2.71. The van der Waals surface area contributed by atoms with Crippen molar-refractivity contribution in [1.29, 1.82) is 0 Å². The lowest BCUT2D eigenvalue weighted by atomic mass is 10.2. The molecule has 1 heterocycles. The van der Waals surface area contributed by atoms with E-state index in [1.54, 1.807) is 20.0 Å². The molecule has 104 valence electrons. The van der Waals surface area contributed by atoms with Gasteiger partial charge in [0.25, 0.3) is 0 Å². The van der Waals surface area contributed by atoms with Gasteiger partial charge < -0.3 is 10.6 Å². The van der Waals surface area contributed by atoms with Crippen LogP contribution in [0.3, 0.4) is 0 Å². The van der Waals surface area contributed by atoms with Crippen LogP contribution in [0.15, 0.2) is 24.4 Å². The third-order valence-electron chi connectivity index (χ3n) is 2.71. The number of hydrogen-bond donors (Lipinski definition) is 2. The van der Waals surface area contributed by atoms with Gasteiger partial charge in [0, 0.05) is 18.3 Å². The first-order chi connectivity index (χ1) is 9.52. The molecule has 0 aliphatic carbocycles. The van der Waals surface area contributed by atoms with Gasteiger partial charge in [-0.1, -0.05) is 6.07 Å². The van der Waals surface area contributed by atoms with E-state index in [1.807, 2.05) is 0 Å². The number of anilines is 3. The fourth-order valence-corrected chi connectivity index (χ4v) is 1.59. The van der Waals surface area contributed by atoms with Crippen LogP contribution in [0.2, 0.25) is 0 Å². The van der Waals surface area contributed by atoms with Crippen molar-refractivity contribution in [2.75, 3.05) is 17.7 Å². The van der Waals surface area contributed by atoms with Gasteiger partial charge in [0.05, 0.1) is 4.92 Å². The average Bonchev–Trinajstić information content (AvgIpc) is 2.43. The maximum absolute atomic E-state index is 13.5. The Hall–Kier alpha value is -2.77. The molecule has 20 heavy (non-hydrogen) atoms. The fourth-order valence-electron chi connectivity index (χ4n) is 1.59. The summed E-state index contributed by atoms with van der Waals surface area (Å²) in [7, 11) is 1.60. The Morgan fingerprint density at radius 2 is 2.15 bits per heavy atom. The molecule has 0 bridgehead atoms. The lowest BCUT2D eigenvalue weighted by Crippen LogP contribution is -2.05. The second-order valence-corrected chi connectivity index (χ2v) is 3.97. The molecule has 0 amide bonds. The number of rotatable bonds is 4. The van der Waals surface area contributed by atoms with Crippen LogP contribution >= 0.6 is 0 Å². The molecule has 8 heteroatoms. The molecule has 2 rings (SSSR count). The van der Waals surface area contributed by atoms with Crippen molar-refractivity contribution in [3.8, 4) is 0 Å². The number of hydrogen-bond acceptors (Lipinski definition) is 6. The Bertz CT molecular complexity index is 662. The number of nitrogens with one attached hydrogen (secondary N) is 2. The van der Waals surface area contributed by atoms with E-state index in [4.69, 9.17) is 0 Å². The lowest BCUT2D eigenvalue weighted by molar-refractivity contribution is -0.384. The number of aromatic nitrogens is 2. The largest absolute Gasteiger partial charge is 0.357 e. The molecule has 1 aromatic carbocycles. The molecule has 0 radical (unpaired) electrons. The molecule has 0 atom stereocenters. The Morgan fingerprint density at radius 3 is 2.80 bits per heavy atom. The monoisotopic (exact) mass is 277 g/mol. The predicted molar refractivity (Wildman–Crippen MR) is 72.7 cm³/mol. The van der Waals surface area contributed by atoms with E-state index in [0.717, 1.165) is 6.20 Å². The minimum Gasteiger partial charge on any atom is -0.357 e.